The van der Waals surface area contributed by atoms with Crippen molar-refractivity contribution in [1.82, 2.24) is 0 Å². The number of carbonyl (C=O) groups excluding carboxylic acids is 1. The van der Waals surface area contributed by atoms with Crippen LogP contribution in [0.4, 0.5) is 5.69 Å². The Kier molecular flexibility index (Phi) is 7.75. The molecule has 34 heavy (non-hydrogen) atoms. The molecule has 0 N–H and O–H groups in total. The van der Waals surface area contributed by atoms with Crippen molar-refractivity contribution < 1.29 is 19.2 Å². The lowest BCUT2D eigenvalue weighted by Crippen LogP contribution is -2.06. The molecule has 1 aliphatic rings. The van der Waals surface area contributed by atoms with Crippen LogP contribution < -0.4 is 4.74 Å². The van der Waals surface area contributed by atoms with E-state index < -0.39 is 10.9 Å². The molecule has 4 rings (SSSR count). The number of hydrogen-bond donors (Lipinski definition) is 0. The molecule has 3 aromatic rings. The van der Waals surface area contributed by atoms with E-state index in [2.05, 4.69) is 50.2 Å². The van der Waals surface area contributed by atoms with Gasteiger partial charge in [0.25, 0.3) is 5.69 Å². The Labute approximate surface area is 231 Å². The maximum atomic E-state index is 12.4. The van der Waals surface area contributed by atoms with Crippen LogP contribution in [-0.2, 0) is 16.1 Å². The molecule has 7 nitrogen and oxygen atoms in total. The lowest BCUT2D eigenvalue weighted by atomic mass is 10.2. The van der Waals surface area contributed by atoms with Gasteiger partial charge in [-0.2, -0.15) is 0 Å². The second kappa shape index (κ2) is 10.6. The minimum Gasteiger partial charge on any atom is -0.487 e. The molecule has 3 aromatic carbocycles. The number of nitrogens with zero attached hydrogens (tertiary/aromatic N) is 2. The molecule has 0 radical (unpaired) electrons. The largest absolute Gasteiger partial charge is 0.487 e. The maximum Gasteiger partial charge on any atom is 0.363 e. The number of benzene rings is 3. The fourth-order valence-corrected chi connectivity index (χ4v) is 5.59. The molecule has 0 amide bonds. The topological polar surface area (TPSA) is 91.0 Å². The van der Waals surface area contributed by atoms with Crippen molar-refractivity contribution in [3.05, 3.63) is 104 Å². The molecule has 0 unspecified atom stereocenters. The molecule has 0 fully saturated rings. The van der Waals surface area contributed by atoms with Gasteiger partial charge in [-0.3, -0.25) is 10.1 Å². The number of rotatable bonds is 6. The van der Waals surface area contributed by atoms with Gasteiger partial charge in [0.15, 0.2) is 5.70 Å². The zero-order valence-electron chi connectivity index (χ0n) is 16.9. The van der Waals surface area contributed by atoms with Gasteiger partial charge in [-0.1, -0.05) is 35.3 Å². The molecule has 172 valence electrons. The Bertz CT molecular complexity index is 1370. The lowest BCUT2D eigenvalue weighted by molar-refractivity contribution is -0.384. The molecular weight excluding hydrogens is 709 g/mol. The van der Waals surface area contributed by atoms with E-state index in [1.165, 1.54) is 18.2 Å². The monoisotopic (exact) mass is 720 g/mol. The number of aliphatic imine (C=N–C) groups is 1. The number of esters is 1. The predicted octanol–water partition coefficient (Wildman–Crippen LogP) is 7.03. The summed E-state index contributed by atoms with van der Waals surface area (Å²) in [5.41, 5.74) is 1.73. The number of carbonyl (C=O) groups is 1. The summed E-state index contributed by atoms with van der Waals surface area (Å²) in [4.78, 5) is 27.1. The quantitative estimate of drug-likeness (QED) is 0.0897. The summed E-state index contributed by atoms with van der Waals surface area (Å²) >= 11 is 16.2. The second-order valence-corrected chi connectivity index (χ2v) is 10.2. The van der Waals surface area contributed by atoms with Crippen LogP contribution in [0.3, 0.4) is 0 Å². The van der Waals surface area contributed by atoms with Gasteiger partial charge in [-0.05, 0) is 98.8 Å². The first-order valence-corrected chi connectivity index (χ1v) is 12.5. The number of cyclic esters (lactones) is 1. The molecular formula is C23H12Cl2I2N2O5. The van der Waals surface area contributed by atoms with Crippen LogP contribution in [0.5, 0.6) is 5.75 Å². The first-order chi connectivity index (χ1) is 16.2. The van der Waals surface area contributed by atoms with Crippen molar-refractivity contribution in [2.45, 2.75) is 6.61 Å². The van der Waals surface area contributed by atoms with E-state index in [-0.39, 0.29) is 27.9 Å². The van der Waals surface area contributed by atoms with Crippen LogP contribution in [0.15, 0.2) is 65.3 Å². The normalized spacial score (nSPS) is 14.2. The summed E-state index contributed by atoms with van der Waals surface area (Å²) in [5.74, 6) is 0.0378. The average molecular weight is 721 g/mol. The lowest BCUT2D eigenvalue weighted by Gasteiger charge is -2.12. The van der Waals surface area contributed by atoms with E-state index in [0.717, 1.165) is 24.0 Å². The molecule has 1 heterocycles. The Morgan fingerprint density at radius 2 is 1.82 bits per heavy atom. The first kappa shape index (κ1) is 24.9. The van der Waals surface area contributed by atoms with Crippen molar-refractivity contribution in [2.75, 3.05) is 0 Å². The Morgan fingerprint density at radius 1 is 1.09 bits per heavy atom. The highest BCUT2D eigenvalue weighted by atomic mass is 127. The second-order valence-electron chi connectivity index (χ2n) is 6.99. The van der Waals surface area contributed by atoms with Crippen LogP contribution in [0, 0.1) is 17.3 Å². The predicted molar refractivity (Wildman–Crippen MR) is 146 cm³/mol. The van der Waals surface area contributed by atoms with Crippen molar-refractivity contribution in [3.63, 3.8) is 0 Å². The van der Waals surface area contributed by atoms with Crippen LogP contribution in [0.1, 0.15) is 16.7 Å². The average Bonchev–Trinajstić information content (AvgIpc) is 3.13. The third kappa shape index (κ3) is 5.70. The van der Waals surface area contributed by atoms with E-state index in [9.17, 15) is 14.9 Å². The fraction of sp³-hybridized carbons (Fsp3) is 0.0435. The molecule has 0 aromatic heterocycles. The number of ether oxygens (including phenoxy) is 2. The van der Waals surface area contributed by atoms with Crippen molar-refractivity contribution in [1.29, 1.82) is 0 Å². The van der Waals surface area contributed by atoms with E-state index >= 15 is 0 Å². The molecule has 0 aliphatic carbocycles. The maximum absolute atomic E-state index is 12.4. The summed E-state index contributed by atoms with van der Waals surface area (Å²) in [5, 5.41) is 11.8. The summed E-state index contributed by atoms with van der Waals surface area (Å²) < 4.78 is 12.9. The highest BCUT2D eigenvalue weighted by molar-refractivity contribution is 14.1. The van der Waals surface area contributed by atoms with Crippen molar-refractivity contribution in [3.8, 4) is 5.75 Å². The SMILES string of the molecule is O=C1OC(c2ccc(Cl)c([N+](=O)[O-])c2)=N/C1=C\c1cc(I)c(OCc2cccc(Cl)c2)c(I)c1. The summed E-state index contributed by atoms with van der Waals surface area (Å²) in [6, 6.07) is 15.2. The summed E-state index contributed by atoms with van der Waals surface area (Å²) in [7, 11) is 0. The highest BCUT2D eigenvalue weighted by Gasteiger charge is 2.26. The minimum atomic E-state index is -0.654. The molecule has 11 heteroatoms. The highest BCUT2D eigenvalue weighted by Crippen LogP contribution is 2.32. The first-order valence-electron chi connectivity index (χ1n) is 9.54. The van der Waals surface area contributed by atoms with E-state index in [1.807, 2.05) is 30.3 Å². The zero-order chi connectivity index (χ0) is 24.4. The van der Waals surface area contributed by atoms with Gasteiger partial charge in [0.1, 0.15) is 17.4 Å². The Morgan fingerprint density at radius 3 is 2.50 bits per heavy atom. The van der Waals surface area contributed by atoms with Gasteiger partial charge in [-0.15, -0.1) is 0 Å². The van der Waals surface area contributed by atoms with Crippen LogP contribution >= 0.6 is 68.4 Å². The van der Waals surface area contributed by atoms with Gasteiger partial charge in [0.05, 0.1) is 12.1 Å². The van der Waals surface area contributed by atoms with Gasteiger partial charge < -0.3 is 9.47 Å². The van der Waals surface area contributed by atoms with Gasteiger partial charge in [-0.25, -0.2) is 9.79 Å². The standard InChI is InChI=1S/C23H12Cl2I2N2O5/c24-15-3-1-2-12(6-15)11-33-21-17(26)7-13(8-18(21)27)9-19-23(30)34-22(28-19)14-4-5-16(25)20(10-14)29(31)32/h1-10H,11H2/b19-9-. The van der Waals surface area contributed by atoms with E-state index in [0.29, 0.717) is 11.6 Å². The third-order valence-electron chi connectivity index (χ3n) is 4.61. The van der Waals surface area contributed by atoms with E-state index in [4.69, 9.17) is 32.7 Å². The molecule has 0 saturated carbocycles. The van der Waals surface area contributed by atoms with Crippen molar-refractivity contribution >= 4 is 92.0 Å². The molecule has 0 spiro atoms. The summed E-state index contributed by atoms with van der Waals surface area (Å²) in [6.45, 7) is 0.361. The van der Waals surface area contributed by atoms with Gasteiger partial charge in [0.2, 0.25) is 5.90 Å². The van der Waals surface area contributed by atoms with Crippen molar-refractivity contribution in [2.24, 2.45) is 4.99 Å². The molecule has 0 atom stereocenters. The smallest absolute Gasteiger partial charge is 0.363 e. The Hall–Kier alpha value is -2.22. The van der Waals surface area contributed by atoms with E-state index in [1.54, 1.807) is 12.1 Å². The molecule has 0 saturated heterocycles. The zero-order valence-corrected chi connectivity index (χ0v) is 22.8. The Balaban J connectivity index is 1.57. The molecule has 0 bridgehead atoms. The summed E-state index contributed by atoms with van der Waals surface area (Å²) in [6.07, 6.45) is 1.59. The number of nitro groups is 1. The third-order valence-corrected chi connectivity index (χ3v) is 6.76. The number of nitro benzene ring substituents is 1. The molecule has 1 aliphatic heterocycles. The van der Waals surface area contributed by atoms with Crippen LogP contribution in [-0.4, -0.2) is 16.8 Å². The van der Waals surface area contributed by atoms with Gasteiger partial charge in [0, 0.05) is 16.7 Å². The van der Waals surface area contributed by atoms with Crippen LogP contribution in [0.2, 0.25) is 10.0 Å². The number of hydrogen-bond acceptors (Lipinski definition) is 6. The van der Waals surface area contributed by atoms with Crippen LogP contribution in [0.25, 0.3) is 6.08 Å². The minimum absolute atomic E-state index is 0.0174. The van der Waals surface area contributed by atoms with Gasteiger partial charge >= 0.3 is 5.97 Å². The number of halogens is 4. The fourth-order valence-electron chi connectivity index (χ4n) is 3.06.